The van der Waals surface area contributed by atoms with E-state index in [9.17, 15) is 10.1 Å². The van der Waals surface area contributed by atoms with Crippen LogP contribution in [0.3, 0.4) is 0 Å². The maximum Gasteiger partial charge on any atom is 0.269 e. The second-order valence-corrected chi connectivity index (χ2v) is 11.3. The fraction of sp³-hybridized carbons (Fsp3) is 0.216. The summed E-state index contributed by atoms with van der Waals surface area (Å²) in [6.07, 6.45) is 0. The van der Waals surface area contributed by atoms with E-state index >= 15 is 0 Å². The third-order valence-electron chi connectivity index (χ3n) is 7.91. The van der Waals surface area contributed by atoms with E-state index in [0.717, 1.165) is 39.5 Å². The van der Waals surface area contributed by atoms with Gasteiger partial charge in [0, 0.05) is 29.4 Å². The molecule has 0 aliphatic heterocycles. The standard InChI is InChI=1S/C37H38N4O2/c1-24-21-25(2)37(26(3)22-24)39-28(5)34-18-12-17-33(40-34)27(4)38-35-20-19-31(41(42)43)23-32(35)36(29-13-8-6-9-14-29)30-15-10-7-11-16-30/h6-23,27-28,36,38-39H,1-5H3. The van der Waals surface area contributed by atoms with Crippen LogP contribution in [0.5, 0.6) is 0 Å². The van der Waals surface area contributed by atoms with Crippen LogP contribution in [0, 0.1) is 30.9 Å². The van der Waals surface area contributed by atoms with E-state index in [1.54, 1.807) is 12.1 Å². The van der Waals surface area contributed by atoms with Gasteiger partial charge < -0.3 is 10.6 Å². The molecule has 0 aliphatic rings. The summed E-state index contributed by atoms with van der Waals surface area (Å²) in [4.78, 5) is 16.6. The minimum absolute atomic E-state index is 0.00253. The van der Waals surface area contributed by atoms with Crippen LogP contribution in [0.2, 0.25) is 0 Å². The highest BCUT2D eigenvalue weighted by Gasteiger charge is 2.24. The molecule has 0 aliphatic carbocycles. The van der Waals surface area contributed by atoms with Gasteiger partial charge in [-0.1, -0.05) is 84.4 Å². The number of rotatable bonds is 10. The molecule has 218 valence electrons. The minimum atomic E-state index is -0.333. The number of nitrogens with one attached hydrogen (secondary N) is 2. The van der Waals surface area contributed by atoms with Gasteiger partial charge in [0.1, 0.15) is 0 Å². The van der Waals surface area contributed by atoms with Gasteiger partial charge in [-0.25, -0.2) is 0 Å². The van der Waals surface area contributed by atoms with Crippen LogP contribution in [0.4, 0.5) is 17.1 Å². The fourth-order valence-electron chi connectivity index (χ4n) is 5.83. The Balaban J connectivity index is 1.48. The van der Waals surface area contributed by atoms with Gasteiger partial charge in [0.25, 0.3) is 5.69 Å². The summed E-state index contributed by atoms with van der Waals surface area (Å²) < 4.78 is 0. The van der Waals surface area contributed by atoms with E-state index < -0.39 is 0 Å². The summed E-state index contributed by atoms with van der Waals surface area (Å²) in [5.74, 6) is -0.193. The average Bonchev–Trinajstić information content (AvgIpc) is 3.00. The first kappa shape index (κ1) is 29.5. The first-order valence-electron chi connectivity index (χ1n) is 14.7. The maximum atomic E-state index is 11.9. The third-order valence-corrected chi connectivity index (χ3v) is 7.91. The molecular weight excluding hydrogens is 532 g/mol. The van der Waals surface area contributed by atoms with Gasteiger partial charge in [0.05, 0.1) is 28.4 Å². The highest BCUT2D eigenvalue weighted by atomic mass is 16.6. The number of non-ortho nitro benzene ring substituents is 1. The molecule has 0 amide bonds. The van der Waals surface area contributed by atoms with Gasteiger partial charge in [0.2, 0.25) is 0 Å². The SMILES string of the molecule is Cc1cc(C)c(NC(C)c2cccc(C(C)Nc3ccc([N+](=O)[O-])cc3C(c3ccccc3)c3ccccc3)n2)c(C)c1. The molecule has 2 unspecified atom stereocenters. The Hall–Kier alpha value is -4.97. The molecule has 0 radical (unpaired) electrons. The van der Waals surface area contributed by atoms with Crippen molar-refractivity contribution in [3.8, 4) is 0 Å². The first-order chi connectivity index (χ1) is 20.7. The number of aryl methyl sites for hydroxylation is 3. The van der Waals surface area contributed by atoms with Crippen molar-refractivity contribution in [1.29, 1.82) is 0 Å². The second-order valence-electron chi connectivity index (χ2n) is 11.3. The Bertz CT molecular complexity index is 1660. The van der Waals surface area contributed by atoms with Gasteiger partial charge in [-0.3, -0.25) is 15.1 Å². The molecular formula is C37H38N4O2. The Labute approximate surface area is 254 Å². The Morgan fingerprint density at radius 1 is 0.674 bits per heavy atom. The number of nitrogens with zero attached hydrogens (tertiary/aromatic N) is 2. The third kappa shape index (κ3) is 6.75. The Kier molecular flexibility index (Phi) is 8.86. The Morgan fingerprint density at radius 3 is 1.74 bits per heavy atom. The summed E-state index contributed by atoms with van der Waals surface area (Å²) in [5.41, 5.74) is 10.5. The number of nitro benzene ring substituents is 1. The van der Waals surface area contributed by atoms with Crippen LogP contribution >= 0.6 is 0 Å². The lowest BCUT2D eigenvalue weighted by molar-refractivity contribution is -0.384. The lowest BCUT2D eigenvalue weighted by atomic mass is 9.84. The zero-order valence-corrected chi connectivity index (χ0v) is 25.3. The van der Waals surface area contributed by atoms with Crippen LogP contribution in [0.15, 0.2) is 109 Å². The van der Waals surface area contributed by atoms with E-state index in [4.69, 9.17) is 4.98 Å². The summed E-state index contributed by atoms with van der Waals surface area (Å²) in [6.45, 7) is 10.6. The van der Waals surface area contributed by atoms with E-state index in [1.165, 1.54) is 16.7 Å². The predicted octanol–water partition coefficient (Wildman–Crippen LogP) is 9.44. The smallest absolute Gasteiger partial charge is 0.269 e. The molecule has 1 aromatic heterocycles. The maximum absolute atomic E-state index is 11.9. The molecule has 0 saturated heterocycles. The topological polar surface area (TPSA) is 80.1 Å². The van der Waals surface area contributed by atoms with Crippen LogP contribution in [0.1, 0.15) is 76.6 Å². The van der Waals surface area contributed by atoms with Gasteiger partial charge in [-0.05, 0) is 80.6 Å². The highest BCUT2D eigenvalue weighted by molar-refractivity contribution is 5.63. The lowest BCUT2D eigenvalue weighted by Crippen LogP contribution is -2.15. The number of pyridine rings is 1. The van der Waals surface area contributed by atoms with Crippen LogP contribution in [0.25, 0.3) is 0 Å². The number of benzene rings is 4. The molecule has 0 saturated carbocycles. The van der Waals surface area contributed by atoms with Crippen molar-refractivity contribution < 1.29 is 4.92 Å². The molecule has 4 aromatic carbocycles. The van der Waals surface area contributed by atoms with E-state index in [2.05, 4.69) is 81.7 Å². The van der Waals surface area contributed by atoms with Crippen molar-refractivity contribution in [3.05, 3.63) is 164 Å². The van der Waals surface area contributed by atoms with Crippen LogP contribution < -0.4 is 10.6 Å². The molecule has 6 heteroatoms. The second kappa shape index (κ2) is 12.9. The van der Waals surface area contributed by atoms with Crippen LogP contribution in [-0.4, -0.2) is 9.91 Å². The van der Waals surface area contributed by atoms with Crippen molar-refractivity contribution in [2.24, 2.45) is 0 Å². The molecule has 2 N–H and O–H groups in total. The van der Waals surface area contributed by atoms with Crippen molar-refractivity contribution in [2.75, 3.05) is 10.6 Å². The molecule has 5 rings (SSSR count). The predicted molar refractivity (Wildman–Crippen MR) is 176 cm³/mol. The molecule has 5 aromatic rings. The lowest BCUT2D eigenvalue weighted by Gasteiger charge is -2.25. The van der Waals surface area contributed by atoms with Gasteiger partial charge in [-0.2, -0.15) is 0 Å². The summed E-state index contributed by atoms with van der Waals surface area (Å²) >= 11 is 0. The van der Waals surface area contributed by atoms with Crippen molar-refractivity contribution in [2.45, 2.75) is 52.6 Å². The molecule has 0 spiro atoms. The van der Waals surface area contributed by atoms with E-state index in [0.29, 0.717) is 0 Å². The average molecular weight is 571 g/mol. The van der Waals surface area contributed by atoms with Crippen molar-refractivity contribution in [1.82, 2.24) is 4.98 Å². The first-order valence-corrected chi connectivity index (χ1v) is 14.7. The zero-order valence-electron chi connectivity index (χ0n) is 25.3. The minimum Gasteiger partial charge on any atom is -0.377 e. The van der Waals surface area contributed by atoms with Gasteiger partial charge in [0.15, 0.2) is 0 Å². The van der Waals surface area contributed by atoms with Gasteiger partial charge >= 0.3 is 0 Å². The largest absolute Gasteiger partial charge is 0.377 e. The highest BCUT2D eigenvalue weighted by Crippen LogP contribution is 2.39. The van der Waals surface area contributed by atoms with Crippen LogP contribution in [-0.2, 0) is 0 Å². The molecule has 6 nitrogen and oxygen atoms in total. The van der Waals surface area contributed by atoms with E-state index in [-0.39, 0.29) is 28.6 Å². The van der Waals surface area contributed by atoms with Gasteiger partial charge in [-0.15, -0.1) is 0 Å². The fourth-order valence-corrected chi connectivity index (χ4v) is 5.83. The summed E-state index contributed by atoms with van der Waals surface area (Å²) in [5, 5.41) is 19.2. The van der Waals surface area contributed by atoms with E-state index in [1.807, 2.05) is 60.7 Å². The van der Waals surface area contributed by atoms with Crippen molar-refractivity contribution >= 4 is 17.1 Å². The molecule has 2 atom stereocenters. The normalized spacial score (nSPS) is 12.5. The number of aromatic nitrogens is 1. The molecule has 43 heavy (non-hydrogen) atoms. The summed E-state index contributed by atoms with van der Waals surface area (Å²) in [6, 6.07) is 35.7. The number of hydrogen-bond donors (Lipinski definition) is 2. The number of hydrogen-bond acceptors (Lipinski definition) is 5. The monoisotopic (exact) mass is 570 g/mol. The summed E-state index contributed by atoms with van der Waals surface area (Å²) in [7, 11) is 0. The zero-order chi connectivity index (χ0) is 30.5. The molecule has 0 bridgehead atoms. The quantitative estimate of drug-likeness (QED) is 0.0993. The Morgan fingerprint density at radius 2 is 1.21 bits per heavy atom. The van der Waals surface area contributed by atoms with Crippen molar-refractivity contribution in [3.63, 3.8) is 0 Å². The number of anilines is 2. The number of nitro groups is 1. The molecule has 0 fully saturated rings. The molecule has 1 heterocycles.